The summed E-state index contributed by atoms with van der Waals surface area (Å²) in [6.45, 7) is 8.42. The van der Waals surface area contributed by atoms with E-state index < -0.39 is 24.3 Å². The summed E-state index contributed by atoms with van der Waals surface area (Å²) in [7, 11) is 3.69. The maximum atomic E-state index is 11.4. The molecule has 21 heavy (non-hydrogen) atoms. The monoisotopic (exact) mass is 434 g/mol. The van der Waals surface area contributed by atoms with E-state index in [2.05, 4.69) is 37.7 Å². The van der Waals surface area contributed by atoms with Crippen LogP contribution in [0.4, 0.5) is 0 Å². The molecule has 2 radical (unpaired) electrons. The molecule has 0 spiro atoms. The van der Waals surface area contributed by atoms with Crippen molar-refractivity contribution in [3.05, 3.63) is 35.4 Å². The van der Waals surface area contributed by atoms with Crippen LogP contribution in [-0.2, 0) is 0 Å². The van der Waals surface area contributed by atoms with Crippen LogP contribution < -0.4 is 10.0 Å². The molecule has 0 fully saturated rings. The van der Waals surface area contributed by atoms with E-state index in [1.165, 1.54) is 0 Å². The van der Waals surface area contributed by atoms with E-state index in [0.29, 0.717) is 17.6 Å². The van der Waals surface area contributed by atoms with Crippen molar-refractivity contribution in [3.63, 3.8) is 0 Å². The first-order valence-corrected chi connectivity index (χ1v) is 15.5. The molecule has 0 aromatic heterocycles. The van der Waals surface area contributed by atoms with Gasteiger partial charge in [0.2, 0.25) is 0 Å². The van der Waals surface area contributed by atoms with E-state index in [9.17, 15) is 9.90 Å². The fourth-order valence-electron chi connectivity index (χ4n) is 1.62. The summed E-state index contributed by atoms with van der Waals surface area (Å²) in [5.74, 6) is -0.861. The number of benzene rings is 1. The van der Waals surface area contributed by atoms with Crippen molar-refractivity contribution in [2.24, 2.45) is 0 Å². The number of carboxylic acids is 1. The van der Waals surface area contributed by atoms with Crippen LogP contribution in [0.25, 0.3) is 0 Å². The van der Waals surface area contributed by atoms with Crippen LogP contribution in [0.3, 0.4) is 0 Å². The van der Waals surface area contributed by atoms with Crippen LogP contribution in [0.15, 0.2) is 24.3 Å². The topological polar surface area (TPSA) is 61.4 Å². The third-order valence-corrected chi connectivity index (χ3v) is 12.0. The first-order valence-electron chi connectivity index (χ1n) is 6.82. The van der Waals surface area contributed by atoms with E-state index >= 15 is 0 Å². The standard InChI is InChI=1S/C11H15NO2S.C3H8NS.Sn/c1-7(2)12-10(15)8-5-3-4-6-9(8)11(13)14;1-3(2)4-5;/h3-7,10,12,15H,1-2H3,(H,13,14);3-4H,1-2H3;/q;-1;+2/p-1. The molecule has 1 aromatic rings. The van der Waals surface area contributed by atoms with Crippen LogP contribution >= 0.6 is 18.1 Å². The van der Waals surface area contributed by atoms with Crippen molar-refractivity contribution < 1.29 is 9.90 Å². The molecule has 116 valence electrons. The number of hydrogen-bond acceptors (Lipinski definition) is 5. The van der Waals surface area contributed by atoms with Gasteiger partial charge in [-0.1, -0.05) is 0 Å². The van der Waals surface area contributed by atoms with Crippen molar-refractivity contribution in [3.8, 4) is 0 Å². The summed E-state index contributed by atoms with van der Waals surface area (Å²) < 4.78 is 3.37. The van der Waals surface area contributed by atoms with Crippen molar-refractivity contribution in [1.82, 2.24) is 10.0 Å². The summed E-state index contributed by atoms with van der Waals surface area (Å²) in [5.41, 5.74) is 1.26. The fraction of sp³-hybridized carbons (Fsp3) is 0.500. The first-order chi connectivity index (χ1) is 9.91. The van der Waals surface area contributed by atoms with Crippen molar-refractivity contribution in [2.75, 3.05) is 0 Å². The van der Waals surface area contributed by atoms with Gasteiger partial charge in [-0.15, -0.1) is 0 Å². The zero-order chi connectivity index (χ0) is 15.8. The van der Waals surface area contributed by atoms with Crippen molar-refractivity contribution in [1.29, 1.82) is 0 Å². The number of carbonyl (C=O) groups is 1. The molecule has 0 bridgehead atoms. The van der Waals surface area contributed by atoms with Gasteiger partial charge in [0.1, 0.15) is 0 Å². The van der Waals surface area contributed by atoms with Gasteiger partial charge in [-0.25, -0.2) is 0 Å². The van der Waals surface area contributed by atoms with Crippen LogP contribution in [-0.4, -0.2) is 41.5 Å². The number of carboxylic acid groups (broad SMARTS) is 1. The molecule has 3 N–H and O–H groups in total. The summed E-state index contributed by atoms with van der Waals surface area (Å²) in [4.78, 5) is 11.4. The molecule has 0 aliphatic heterocycles. The van der Waals surface area contributed by atoms with Crippen LogP contribution in [0.2, 0.25) is 0 Å². The van der Waals surface area contributed by atoms with Gasteiger partial charge in [0.25, 0.3) is 0 Å². The van der Waals surface area contributed by atoms with Gasteiger partial charge < -0.3 is 0 Å². The van der Waals surface area contributed by atoms with E-state index in [0.717, 1.165) is 5.56 Å². The summed E-state index contributed by atoms with van der Waals surface area (Å²) in [5, 5.41) is 12.9. The Kier molecular flexibility index (Phi) is 9.11. The summed E-state index contributed by atoms with van der Waals surface area (Å²) in [6.07, 6.45) is 0. The molecule has 0 saturated heterocycles. The second kappa shape index (κ2) is 9.99. The molecular weight excluding hydrogens is 411 g/mol. The van der Waals surface area contributed by atoms with Crippen LogP contribution in [0.5, 0.6) is 0 Å². The van der Waals surface area contributed by atoms with Gasteiger partial charge in [-0.3, -0.25) is 0 Å². The van der Waals surface area contributed by atoms with E-state index in [-0.39, 0.29) is 5.37 Å². The maximum absolute atomic E-state index is 11.4. The number of aromatic carboxylic acids is 1. The van der Waals surface area contributed by atoms with Gasteiger partial charge in [0.05, 0.1) is 0 Å². The minimum absolute atomic E-state index is 0.0466. The molecule has 0 saturated carbocycles. The molecule has 7 heteroatoms. The number of rotatable bonds is 9. The average molecular weight is 433 g/mol. The third kappa shape index (κ3) is 7.27. The normalized spacial score (nSPS) is 12.9. The fourth-order valence-corrected chi connectivity index (χ4v) is 11.9. The second-order valence-corrected chi connectivity index (χ2v) is 15.0. The number of nitrogens with one attached hydrogen (secondary N) is 2. The number of hydrogen-bond donors (Lipinski definition) is 3. The van der Waals surface area contributed by atoms with E-state index in [4.69, 9.17) is 0 Å². The van der Waals surface area contributed by atoms with E-state index in [1.54, 1.807) is 12.1 Å². The molecule has 0 heterocycles. The van der Waals surface area contributed by atoms with Gasteiger partial charge in [-0.05, 0) is 0 Å². The predicted octanol–water partition coefficient (Wildman–Crippen LogP) is 3.30. The Morgan fingerprint density at radius 3 is 2.43 bits per heavy atom. The Hall–Kier alpha value is 0.109. The molecule has 4 nitrogen and oxygen atoms in total. The van der Waals surface area contributed by atoms with Crippen molar-refractivity contribution >= 4 is 42.4 Å². The van der Waals surface area contributed by atoms with Gasteiger partial charge in [0, 0.05) is 0 Å². The van der Waals surface area contributed by atoms with Crippen LogP contribution in [0.1, 0.15) is 49.0 Å². The first kappa shape index (κ1) is 19.2. The minimum atomic E-state index is -0.861. The van der Waals surface area contributed by atoms with Crippen molar-refractivity contribution in [2.45, 2.75) is 45.2 Å². The Labute approximate surface area is 142 Å². The van der Waals surface area contributed by atoms with Crippen LogP contribution in [0, 0.1) is 0 Å². The molecule has 1 aromatic carbocycles. The molecule has 1 rings (SSSR count). The Morgan fingerprint density at radius 2 is 1.86 bits per heavy atom. The molecule has 1 atom stereocenters. The Morgan fingerprint density at radius 1 is 1.19 bits per heavy atom. The molecule has 0 amide bonds. The Bertz CT molecular complexity index is 458. The summed E-state index contributed by atoms with van der Waals surface area (Å²) >= 11 is -0.727. The van der Waals surface area contributed by atoms with Gasteiger partial charge >= 0.3 is 143 Å². The second-order valence-electron chi connectivity index (χ2n) is 5.17. The quantitative estimate of drug-likeness (QED) is 0.241. The summed E-state index contributed by atoms with van der Waals surface area (Å²) in [6, 6.07) is 8.06. The molecule has 0 aliphatic carbocycles. The third-order valence-electron chi connectivity index (χ3n) is 2.46. The molecule has 0 aliphatic rings. The zero-order valence-electron chi connectivity index (χ0n) is 12.7. The molecular formula is C14H22N2O2S2Sn. The van der Waals surface area contributed by atoms with E-state index in [1.807, 2.05) is 30.2 Å². The van der Waals surface area contributed by atoms with Gasteiger partial charge in [0.15, 0.2) is 0 Å². The average Bonchev–Trinajstić information content (AvgIpc) is 2.41. The Balaban J connectivity index is 2.80. The zero-order valence-corrected chi connectivity index (χ0v) is 17.2. The van der Waals surface area contributed by atoms with Gasteiger partial charge in [-0.2, -0.15) is 0 Å². The SMILES string of the molecule is CC(C)N[S][Sn][S]C(NC(C)C)c1ccccc1C(=O)O. The molecule has 1 unspecified atom stereocenters. The predicted molar refractivity (Wildman–Crippen MR) is 93.6 cm³/mol.